The first-order valence-electron chi connectivity index (χ1n) is 4.24. The largest absolute Gasteiger partial charge is 0.359 e. The number of hydrogen-bond donors (Lipinski definition) is 3. The number of aryl methyl sites for hydroxylation is 2. The van der Waals surface area contributed by atoms with Crippen LogP contribution < -0.4 is 10.6 Å². The van der Waals surface area contributed by atoms with E-state index in [1.807, 2.05) is 32.0 Å². The van der Waals surface area contributed by atoms with Crippen LogP contribution in [0.25, 0.3) is 0 Å². The molecule has 0 atom stereocenters. The SMILES string of the molecule is CNC(=N)Nc1c(C)cccc1C. The lowest BCUT2D eigenvalue weighted by atomic mass is 10.1. The summed E-state index contributed by atoms with van der Waals surface area (Å²) in [6, 6.07) is 6.06. The van der Waals surface area contributed by atoms with Gasteiger partial charge in [-0.15, -0.1) is 0 Å². The summed E-state index contributed by atoms with van der Waals surface area (Å²) in [6.45, 7) is 4.05. The first-order chi connectivity index (χ1) is 6.15. The van der Waals surface area contributed by atoms with Gasteiger partial charge in [-0.1, -0.05) is 18.2 Å². The first kappa shape index (κ1) is 9.58. The second-order valence-corrected chi connectivity index (χ2v) is 3.02. The van der Waals surface area contributed by atoms with Crippen LogP contribution in [-0.4, -0.2) is 13.0 Å². The van der Waals surface area contributed by atoms with Crippen molar-refractivity contribution in [3.63, 3.8) is 0 Å². The van der Waals surface area contributed by atoms with E-state index in [0.29, 0.717) is 5.96 Å². The zero-order valence-corrected chi connectivity index (χ0v) is 8.23. The van der Waals surface area contributed by atoms with E-state index in [4.69, 9.17) is 5.41 Å². The van der Waals surface area contributed by atoms with Gasteiger partial charge in [0.1, 0.15) is 0 Å². The Hall–Kier alpha value is -1.51. The van der Waals surface area contributed by atoms with Crippen LogP contribution in [0.4, 0.5) is 5.69 Å². The predicted molar refractivity (Wildman–Crippen MR) is 56.3 cm³/mol. The minimum atomic E-state index is 0.317. The van der Waals surface area contributed by atoms with E-state index in [9.17, 15) is 0 Å². The number of anilines is 1. The monoisotopic (exact) mass is 177 g/mol. The van der Waals surface area contributed by atoms with Crippen molar-refractivity contribution in [3.8, 4) is 0 Å². The molecule has 3 nitrogen and oxygen atoms in total. The van der Waals surface area contributed by atoms with Crippen molar-refractivity contribution in [2.75, 3.05) is 12.4 Å². The highest BCUT2D eigenvalue weighted by Crippen LogP contribution is 2.18. The van der Waals surface area contributed by atoms with Crippen molar-refractivity contribution in [2.24, 2.45) is 0 Å². The minimum absolute atomic E-state index is 0.317. The van der Waals surface area contributed by atoms with Gasteiger partial charge in [0.2, 0.25) is 0 Å². The maximum absolute atomic E-state index is 7.45. The highest BCUT2D eigenvalue weighted by atomic mass is 15.1. The lowest BCUT2D eigenvalue weighted by molar-refractivity contribution is 1.13. The molecule has 0 radical (unpaired) electrons. The van der Waals surface area contributed by atoms with E-state index in [-0.39, 0.29) is 0 Å². The summed E-state index contributed by atoms with van der Waals surface area (Å²) >= 11 is 0. The van der Waals surface area contributed by atoms with Crippen molar-refractivity contribution in [2.45, 2.75) is 13.8 Å². The normalized spacial score (nSPS) is 9.46. The van der Waals surface area contributed by atoms with Crippen molar-refractivity contribution in [1.29, 1.82) is 5.41 Å². The second kappa shape index (κ2) is 3.94. The molecule has 0 aliphatic heterocycles. The zero-order valence-electron chi connectivity index (χ0n) is 8.23. The first-order valence-corrected chi connectivity index (χ1v) is 4.24. The van der Waals surface area contributed by atoms with Gasteiger partial charge in [-0.05, 0) is 25.0 Å². The summed E-state index contributed by atoms with van der Waals surface area (Å²) in [6.07, 6.45) is 0. The van der Waals surface area contributed by atoms with Crippen LogP contribution in [0.5, 0.6) is 0 Å². The number of guanidine groups is 1. The molecule has 0 saturated carbocycles. The van der Waals surface area contributed by atoms with Crippen LogP contribution in [0.1, 0.15) is 11.1 Å². The van der Waals surface area contributed by atoms with Gasteiger partial charge < -0.3 is 10.6 Å². The molecule has 1 aromatic carbocycles. The Morgan fingerprint density at radius 1 is 1.23 bits per heavy atom. The van der Waals surface area contributed by atoms with Crippen LogP contribution in [0, 0.1) is 19.3 Å². The molecular formula is C10H15N3. The Labute approximate surface area is 78.7 Å². The Morgan fingerprint density at radius 3 is 2.23 bits per heavy atom. The third kappa shape index (κ3) is 2.21. The van der Waals surface area contributed by atoms with E-state index in [2.05, 4.69) is 10.6 Å². The molecule has 70 valence electrons. The molecule has 0 aliphatic carbocycles. The molecule has 0 spiro atoms. The second-order valence-electron chi connectivity index (χ2n) is 3.02. The van der Waals surface area contributed by atoms with Gasteiger partial charge in [0.25, 0.3) is 0 Å². The third-order valence-corrected chi connectivity index (χ3v) is 1.98. The van der Waals surface area contributed by atoms with E-state index in [1.165, 1.54) is 0 Å². The number of nitrogens with one attached hydrogen (secondary N) is 3. The Kier molecular flexibility index (Phi) is 2.90. The molecule has 1 aromatic rings. The van der Waals surface area contributed by atoms with Gasteiger partial charge in [0.15, 0.2) is 5.96 Å². The minimum Gasteiger partial charge on any atom is -0.359 e. The van der Waals surface area contributed by atoms with Gasteiger partial charge in [-0.2, -0.15) is 0 Å². The van der Waals surface area contributed by atoms with Gasteiger partial charge in [0.05, 0.1) is 0 Å². The fourth-order valence-corrected chi connectivity index (χ4v) is 1.20. The lowest BCUT2D eigenvalue weighted by Crippen LogP contribution is -2.26. The summed E-state index contributed by atoms with van der Waals surface area (Å²) in [5.41, 5.74) is 3.32. The molecule has 0 aliphatic rings. The van der Waals surface area contributed by atoms with Crippen molar-refractivity contribution < 1.29 is 0 Å². The molecule has 0 fully saturated rings. The molecule has 3 N–H and O–H groups in total. The molecule has 1 rings (SSSR count). The number of benzene rings is 1. The van der Waals surface area contributed by atoms with E-state index < -0.39 is 0 Å². The maximum Gasteiger partial charge on any atom is 0.192 e. The average Bonchev–Trinajstić information content (AvgIpc) is 2.11. The third-order valence-electron chi connectivity index (χ3n) is 1.98. The van der Waals surface area contributed by atoms with Crippen molar-refractivity contribution >= 4 is 11.6 Å². The summed E-state index contributed by atoms with van der Waals surface area (Å²) < 4.78 is 0. The summed E-state index contributed by atoms with van der Waals surface area (Å²) in [5, 5.41) is 13.2. The molecule has 0 amide bonds. The summed E-state index contributed by atoms with van der Waals surface area (Å²) in [4.78, 5) is 0. The highest BCUT2D eigenvalue weighted by molar-refractivity contribution is 5.92. The van der Waals surface area contributed by atoms with E-state index in [0.717, 1.165) is 16.8 Å². The van der Waals surface area contributed by atoms with Crippen LogP contribution in [0.2, 0.25) is 0 Å². The molecule has 0 unspecified atom stereocenters. The average molecular weight is 177 g/mol. The summed E-state index contributed by atoms with van der Waals surface area (Å²) in [5.74, 6) is 0.317. The van der Waals surface area contributed by atoms with Crippen LogP contribution in [0.3, 0.4) is 0 Å². The predicted octanol–water partition coefficient (Wildman–Crippen LogP) is 1.87. The Morgan fingerprint density at radius 2 is 1.77 bits per heavy atom. The molecule has 0 aromatic heterocycles. The number of para-hydroxylation sites is 1. The Bertz CT molecular complexity index is 298. The fraction of sp³-hybridized carbons (Fsp3) is 0.300. The number of hydrogen-bond acceptors (Lipinski definition) is 1. The molecule has 0 bridgehead atoms. The van der Waals surface area contributed by atoms with Gasteiger partial charge in [-0.25, -0.2) is 0 Å². The van der Waals surface area contributed by atoms with Crippen molar-refractivity contribution in [1.82, 2.24) is 5.32 Å². The van der Waals surface area contributed by atoms with E-state index >= 15 is 0 Å². The standard InChI is InChI=1S/C10H15N3/c1-7-5-4-6-8(2)9(7)13-10(11)12-3/h4-6H,1-3H3,(H3,11,12,13). The van der Waals surface area contributed by atoms with Gasteiger partial charge in [-0.3, -0.25) is 5.41 Å². The Balaban J connectivity index is 2.93. The van der Waals surface area contributed by atoms with E-state index in [1.54, 1.807) is 7.05 Å². The lowest BCUT2D eigenvalue weighted by Gasteiger charge is -2.12. The molecular weight excluding hydrogens is 162 g/mol. The van der Waals surface area contributed by atoms with Crippen LogP contribution in [0.15, 0.2) is 18.2 Å². The number of rotatable bonds is 1. The highest BCUT2D eigenvalue weighted by Gasteiger charge is 2.01. The van der Waals surface area contributed by atoms with Crippen LogP contribution >= 0.6 is 0 Å². The van der Waals surface area contributed by atoms with Crippen molar-refractivity contribution in [3.05, 3.63) is 29.3 Å². The smallest absolute Gasteiger partial charge is 0.192 e. The maximum atomic E-state index is 7.45. The summed E-state index contributed by atoms with van der Waals surface area (Å²) in [7, 11) is 1.73. The zero-order chi connectivity index (χ0) is 9.84. The van der Waals surface area contributed by atoms with Gasteiger partial charge in [0, 0.05) is 12.7 Å². The molecule has 3 heteroatoms. The van der Waals surface area contributed by atoms with Gasteiger partial charge >= 0.3 is 0 Å². The molecule has 13 heavy (non-hydrogen) atoms. The topological polar surface area (TPSA) is 47.9 Å². The fourth-order valence-electron chi connectivity index (χ4n) is 1.20. The quantitative estimate of drug-likeness (QED) is 0.453. The molecule has 0 saturated heterocycles. The van der Waals surface area contributed by atoms with Crippen LogP contribution in [-0.2, 0) is 0 Å². The molecule has 0 heterocycles.